The lowest BCUT2D eigenvalue weighted by Crippen LogP contribution is -2.33. The molecule has 1 aliphatic heterocycles. The van der Waals surface area contributed by atoms with Gasteiger partial charge in [0.25, 0.3) is 0 Å². The first-order valence-corrected chi connectivity index (χ1v) is 7.11. The number of piperidine rings is 1. The van der Waals surface area contributed by atoms with Crippen LogP contribution < -0.4 is 4.74 Å². The van der Waals surface area contributed by atoms with Gasteiger partial charge in [-0.15, -0.1) is 0 Å². The van der Waals surface area contributed by atoms with Crippen molar-refractivity contribution in [3.05, 3.63) is 29.3 Å². The van der Waals surface area contributed by atoms with E-state index < -0.39 is 0 Å². The number of rotatable bonds is 5. The minimum Gasteiger partial charge on any atom is -0.491 e. The fourth-order valence-electron chi connectivity index (χ4n) is 2.47. The zero-order valence-corrected chi connectivity index (χ0v) is 11.9. The molecule has 0 N–H and O–H groups in total. The van der Waals surface area contributed by atoms with E-state index in [1.165, 1.54) is 26.2 Å². The van der Waals surface area contributed by atoms with Crippen LogP contribution in [-0.4, -0.2) is 36.9 Å². The highest BCUT2D eigenvalue weighted by Gasteiger charge is 2.12. The first kappa shape index (κ1) is 14.5. The molecule has 0 atom stereocenters. The quantitative estimate of drug-likeness (QED) is 0.773. The molecule has 0 amide bonds. The highest BCUT2D eigenvalue weighted by Crippen LogP contribution is 2.21. The third-order valence-electron chi connectivity index (χ3n) is 3.60. The lowest BCUT2D eigenvalue weighted by atomic mass is 10.1. The van der Waals surface area contributed by atoms with Gasteiger partial charge in [0.05, 0.1) is 17.2 Å². The zero-order chi connectivity index (χ0) is 14.4. The van der Waals surface area contributed by atoms with E-state index in [1.54, 1.807) is 18.2 Å². The third kappa shape index (κ3) is 3.82. The number of likely N-dealkylation sites (tertiary alicyclic amines) is 1. The summed E-state index contributed by atoms with van der Waals surface area (Å²) in [5.41, 5.74) is 1.06. The lowest BCUT2D eigenvalue weighted by molar-refractivity contribution is 0.101. The molecule has 0 unspecified atom stereocenters. The van der Waals surface area contributed by atoms with Gasteiger partial charge in [-0.25, -0.2) is 0 Å². The second-order valence-corrected chi connectivity index (χ2v) is 5.13. The molecule has 106 valence electrons. The Morgan fingerprint density at radius 1 is 1.35 bits per heavy atom. The molecule has 2 rings (SSSR count). The predicted octanol–water partition coefficient (Wildman–Crippen LogP) is 2.63. The van der Waals surface area contributed by atoms with E-state index >= 15 is 0 Å². The zero-order valence-electron chi connectivity index (χ0n) is 11.9. The number of ether oxygens (including phenoxy) is 1. The second kappa shape index (κ2) is 7.06. The van der Waals surface area contributed by atoms with Crippen LogP contribution in [0.1, 0.15) is 42.1 Å². The Labute approximate surface area is 120 Å². The molecule has 0 saturated carbocycles. The van der Waals surface area contributed by atoms with Crippen molar-refractivity contribution in [2.75, 3.05) is 26.2 Å². The van der Waals surface area contributed by atoms with Crippen molar-refractivity contribution in [1.82, 2.24) is 4.90 Å². The van der Waals surface area contributed by atoms with E-state index in [-0.39, 0.29) is 5.78 Å². The van der Waals surface area contributed by atoms with Crippen LogP contribution in [0.3, 0.4) is 0 Å². The maximum atomic E-state index is 11.6. The monoisotopic (exact) mass is 272 g/mol. The number of Topliss-reactive ketones (excluding diaryl/α,β-unsaturated/α-hetero) is 1. The molecule has 1 saturated heterocycles. The van der Waals surface area contributed by atoms with Crippen molar-refractivity contribution in [1.29, 1.82) is 5.26 Å². The molecule has 1 aromatic carbocycles. The van der Waals surface area contributed by atoms with Crippen molar-refractivity contribution in [2.24, 2.45) is 0 Å². The van der Waals surface area contributed by atoms with Gasteiger partial charge in [-0.05, 0) is 51.1 Å². The molecular formula is C16H20N2O2. The number of carbonyl (C=O) groups is 1. The highest BCUT2D eigenvalue weighted by molar-refractivity contribution is 5.97. The van der Waals surface area contributed by atoms with Crippen LogP contribution in [0, 0.1) is 11.3 Å². The van der Waals surface area contributed by atoms with Crippen molar-refractivity contribution < 1.29 is 9.53 Å². The highest BCUT2D eigenvalue weighted by atomic mass is 16.5. The first-order chi connectivity index (χ1) is 9.70. The van der Waals surface area contributed by atoms with Crippen molar-refractivity contribution >= 4 is 5.78 Å². The van der Waals surface area contributed by atoms with Crippen LogP contribution >= 0.6 is 0 Å². The maximum Gasteiger partial charge on any atom is 0.163 e. The summed E-state index contributed by atoms with van der Waals surface area (Å²) in [4.78, 5) is 13.9. The molecule has 1 aromatic rings. The summed E-state index contributed by atoms with van der Waals surface area (Å²) in [6.07, 6.45) is 3.82. The van der Waals surface area contributed by atoms with Crippen LogP contribution in [0.15, 0.2) is 18.2 Å². The van der Waals surface area contributed by atoms with Gasteiger partial charge in [0.2, 0.25) is 0 Å². The van der Waals surface area contributed by atoms with E-state index in [9.17, 15) is 4.79 Å². The third-order valence-corrected chi connectivity index (χ3v) is 3.60. The number of nitriles is 1. The number of nitrogens with zero attached hydrogens (tertiary/aromatic N) is 2. The molecular weight excluding hydrogens is 252 g/mol. The lowest BCUT2D eigenvalue weighted by Gasteiger charge is -2.26. The summed E-state index contributed by atoms with van der Waals surface area (Å²) in [5.74, 6) is 0.482. The van der Waals surface area contributed by atoms with Gasteiger partial charge in [0.1, 0.15) is 12.4 Å². The van der Waals surface area contributed by atoms with Gasteiger partial charge in [0, 0.05) is 6.54 Å². The van der Waals surface area contributed by atoms with E-state index in [2.05, 4.69) is 11.0 Å². The van der Waals surface area contributed by atoms with Gasteiger partial charge in [0.15, 0.2) is 5.78 Å². The fourth-order valence-corrected chi connectivity index (χ4v) is 2.47. The maximum absolute atomic E-state index is 11.6. The summed E-state index contributed by atoms with van der Waals surface area (Å²) in [7, 11) is 0. The summed E-state index contributed by atoms with van der Waals surface area (Å²) in [5, 5.41) is 8.92. The molecule has 0 bridgehead atoms. The van der Waals surface area contributed by atoms with Crippen molar-refractivity contribution in [2.45, 2.75) is 26.2 Å². The van der Waals surface area contributed by atoms with Crippen LogP contribution in [0.5, 0.6) is 5.75 Å². The minimum atomic E-state index is -0.0394. The van der Waals surface area contributed by atoms with Gasteiger partial charge in [-0.2, -0.15) is 5.26 Å². The Hall–Kier alpha value is -1.86. The second-order valence-electron chi connectivity index (χ2n) is 5.13. The van der Waals surface area contributed by atoms with Crippen LogP contribution in [0.2, 0.25) is 0 Å². The molecule has 1 heterocycles. The molecule has 4 nitrogen and oxygen atoms in total. The number of benzene rings is 1. The van der Waals surface area contributed by atoms with Gasteiger partial charge >= 0.3 is 0 Å². The molecule has 0 radical (unpaired) electrons. The largest absolute Gasteiger partial charge is 0.491 e. The Balaban J connectivity index is 1.96. The number of hydrogen-bond donors (Lipinski definition) is 0. The van der Waals surface area contributed by atoms with Crippen molar-refractivity contribution in [3.8, 4) is 11.8 Å². The minimum absolute atomic E-state index is 0.0394. The molecule has 0 spiro atoms. The van der Waals surface area contributed by atoms with Gasteiger partial charge in [-0.3, -0.25) is 9.69 Å². The topological polar surface area (TPSA) is 53.3 Å². The summed E-state index contributed by atoms with van der Waals surface area (Å²) >= 11 is 0. The van der Waals surface area contributed by atoms with Crippen molar-refractivity contribution in [3.63, 3.8) is 0 Å². The molecule has 20 heavy (non-hydrogen) atoms. The molecule has 1 fully saturated rings. The van der Waals surface area contributed by atoms with Crippen LogP contribution in [-0.2, 0) is 0 Å². The molecule has 1 aliphatic rings. The smallest absolute Gasteiger partial charge is 0.163 e. The van der Waals surface area contributed by atoms with Crippen LogP contribution in [0.4, 0.5) is 0 Å². The summed E-state index contributed by atoms with van der Waals surface area (Å²) in [6.45, 7) is 5.19. The normalized spacial score (nSPS) is 15.6. The average molecular weight is 272 g/mol. The van der Waals surface area contributed by atoms with Crippen LogP contribution in [0.25, 0.3) is 0 Å². The number of carbonyl (C=O) groups excluding carboxylic acids is 1. The van der Waals surface area contributed by atoms with E-state index in [4.69, 9.17) is 10.00 Å². The van der Waals surface area contributed by atoms with E-state index in [0.29, 0.717) is 23.5 Å². The Morgan fingerprint density at radius 3 is 2.75 bits per heavy atom. The SMILES string of the molecule is CC(=O)c1ccc(C#N)cc1OCCN1CCCCC1. The Bertz CT molecular complexity index is 514. The molecule has 0 aliphatic carbocycles. The predicted molar refractivity (Wildman–Crippen MR) is 76.9 cm³/mol. The molecule has 4 heteroatoms. The van der Waals surface area contributed by atoms with Gasteiger partial charge < -0.3 is 4.74 Å². The number of hydrogen-bond acceptors (Lipinski definition) is 4. The first-order valence-electron chi connectivity index (χ1n) is 7.11. The van der Waals surface area contributed by atoms with E-state index in [1.807, 2.05) is 0 Å². The Kier molecular flexibility index (Phi) is 5.14. The summed E-state index contributed by atoms with van der Waals surface area (Å²) in [6, 6.07) is 7.03. The summed E-state index contributed by atoms with van der Waals surface area (Å²) < 4.78 is 5.73. The Morgan fingerprint density at radius 2 is 2.10 bits per heavy atom. The molecule has 0 aromatic heterocycles. The van der Waals surface area contributed by atoms with E-state index in [0.717, 1.165) is 19.6 Å². The number of ketones is 1. The van der Waals surface area contributed by atoms with Gasteiger partial charge in [-0.1, -0.05) is 6.42 Å². The standard InChI is InChI=1S/C16H20N2O2/c1-13(19)15-6-5-14(12-17)11-16(15)20-10-9-18-7-3-2-4-8-18/h5-6,11H,2-4,7-10H2,1H3. The average Bonchev–Trinajstić information content (AvgIpc) is 2.48. The fraction of sp³-hybridized carbons (Fsp3) is 0.500.